The van der Waals surface area contributed by atoms with Crippen molar-refractivity contribution in [3.05, 3.63) is 70.7 Å². The summed E-state index contributed by atoms with van der Waals surface area (Å²) in [7, 11) is 3.28. The van der Waals surface area contributed by atoms with Crippen molar-refractivity contribution in [3.63, 3.8) is 0 Å². The Bertz CT molecular complexity index is 1050. The van der Waals surface area contributed by atoms with Crippen molar-refractivity contribution >= 4 is 34.2 Å². The van der Waals surface area contributed by atoms with E-state index in [4.69, 9.17) is 42.6 Å². The van der Waals surface area contributed by atoms with Gasteiger partial charge in [0.1, 0.15) is 11.5 Å². The summed E-state index contributed by atoms with van der Waals surface area (Å²) < 4.78 is 10.5. The minimum atomic E-state index is 0.446. The van der Waals surface area contributed by atoms with E-state index < -0.39 is 0 Å². The Hall–Kier alpha value is -2.82. The maximum Gasteiger partial charge on any atom is 0.118 e. The molecule has 0 aliphatic heterocycles. The summed E-state index contributed by atoms with van der Waals surface area (Å²) in [4.78, 5) is 9.69. The van der Waals surface area contributed by atoms with Crippen LogP contribution in [0.15, 0.2) is 60.7 Å². The molecule has 28 heavy (non-hydrogen) atoms. The first-order valence-electron chi connectivity index (χ1n) is 8.54. The zero-order chi connectivity index (χ0) is 19.7. The highest BCUT2D eigenvalue weighted by molar-refractivity contribution is 6.42. The third kappa shape index (κ3) is 3.49. The number of halogens is 2. The van der Waals surface area contributed by atoms with Crippen molar-refractivity contribution < 1.29 is 9.47 Å². The average Bonchev–Trinajstić information content (AvgIpc) is 2.74. The smallest absolute Gasteiger partial charge is 0.118 e. The second kappa shape index (κ2) is 7.66. The van der Waals surface area contributed by atoms with Crippen molar-refractivity contribution in [2.45, 2.75) is 0 Å². The van der Waals surface area contributed by atoms with E-state index >= 15 is 0 Å². The van der Waals surface area contributed by atoms with Crippen LogP contribution in [0.1, 0.15) is 0 Å². The Morgan fingerprint density at radius 3 is 1.29 bits per heavy atom. The number of methoxy groups -OCH3 is 2. The molecule has 0 unspecified atom stereocenters. The van der Waals surface area contributed by atoms with E-state index in [1.807, 2.05) is 48.5 Å². The minimum Gasteiger partial charge on any atom is -0.497 e. The SMILES string of the molecule is COc1ccc(-c2nc3cc(Cl)c(Cl)cc3nc2-c2ccc(OC)cc2)cc1. The molecule has 0 fully saturated rings. The van der Waals surface area contributed by atoms with Crippen molar-refractivity contribution in [3.8, 4) is 34.0 Å². The lowest BCUT2D eigenvalue weighted by atomic mass is 10.0. The monoisotopic (exact) mass is 410 g/mol. The first kappa shape index (κ1) is 18.5. The van der Waals surface area contributed by atoms with Gasteiger partial charge >= 0.3 is 0 Å². The molecule has 0 saturated carbocycles. The van der Waals surface area contributed by atoms with E-state index in [2.05, 4.69) is 0 Å². The van der Waals surface area contributed by atoms with Crippen LogP contribution in [0.5, 0.6) is 11.5 Å². The normalized spacial score (nSPS) is 10.9. The van der Waals surface area contributed by atoms with Crippen LogP contribution in [0.25, 0.3) is 33.5 Å². The lowest BCUT2D eigenvalue weighted by Gasteiger charge is -2.12. The van der Waals surface area contributed by atoms with Crippen LogP contribution >= 0.6 is 23.2 Å². The van der Waals surface area contributed by atoms with E-state index in [1.54, 1.807) is 26.4 Å². The third-order valence-corrected chi connectivity index (χ3v) is 5.16. The Balaban J connectivity index is 1.96. The Morgan fingerprint density at radius 2 is 0.964 bits per heavy atom. The number of nitrogens with zero attached hydrogens (tertiary/aromatic N) is 2. The lowest BCUT2D eigenvalue weighted by Crippen LogP contribution is -1.96. The molecule has 1 heterocycles. The quantitative estimate of drug-likeness (QED) is 0.396. The molecule has 3 aromatic carbocycles. The second-order valence-electron chi connectivity index (χ2n) is 6.13. The Morgan fingerprint density at radius 1 is 0.607 bits per heavy atom. The maximum absolute atomic E-state index is 6.19. The molecule has 0 N–H and O–H groups in total. The summed E-state index contributed by atoms with van der Waals surface area (Å²) in [6, 6.07) is 18.9. The van der Waals surface area contributed by atoms with Gasteiger partial charge in [-0.25, -0.2) is 9.97 Å². The molecule has 0 atom stereocenters. The number of ether oxygens (including phenoxy) is 2. The van der Waals surface area contributed by atoms with Gasteiger partial charge in [0.25, 0.3) is 0 Å². The number of hydrogen-bond donors (Lipinski definition) is 0. The van der Waals surface area contributed by atoms with Crippen LogP contribution in [0.3, 0.4) is 0 Å². The molecule has 140 valence electrons. The van der Waals surface area contributed by atoms with Gasteiger partial charge in [-0.1, -0.05) is 23.2 Å². The summed E-state index contributed by atoms with van der Waals surface area (Å²) in [5.74, 6) is 1.55. The van der Waals surface area contributed by atoms with Crippen molar-refractivity contribution in [1.29, 1.82) is 0 Å². The molecule has 0 saturated heterocycles. The summed E-state index contributed by atoms with van der Waals surface area (Å²) >= 11 is 12.4. The highest BCUT2D eigenvalue weighted by Crippen LogP contribution is 2.34. The Kier molecular flexibility index (Phi) is 5.07. The van der Waals surface area contributed by atoms with Gasteiger partial charge in [0, 0.05) is 11.1 Å². The fourth-order valence-corrected chi connectivity index (χ4v) is 3.27. The largest absolute Gasteiger partial charge is 0.497 e. The van der Waals surface area contributed by atoms with E-state index in [9.17, 15) is 0 Å². The molecule has 0 aliphatic carbocycles. The number of benzene rings is 3. The van der Waals surface area contributed by atoms with Gasteiger partial charge in [0.2, 0.25) is 0 Å². The predicted octanol–water partition coefficient (Wildman–Crippen LogP) is 6.29. The minimum absolute atomic E-state index is 0.446. The van der Waals surface area contributed by atoms with Gasteiger partial charge in [-0.3, -0.25) is 0 Å². The van der Waals surface area contributed by atoms with Crippen LogP contribution in [0.4, 0.5) is 0 Å². The standard InChI is InChI=1S/C22H16Cl2N2O2/c1-27-15-7-3-13(4-8-15)21-22(14-5-9-16(28-2)10-6-14)26-20-12-18(24)17(23)11-19(20)25-21/h3-12H,1-2H3. The highest BCUT2D eigenvalue weighted by atomic mass is 35.5. The van der Waals surface area contributed by atoms with E-state index in [1.165, 1.54) is 0 Å². The van der Waals surface area contributed by atoms with Crippen LogP contribution in [-0.2, 0) is 0 Å². The van der Waals surface area contributed by atoms with Crippen molar-refractivity contribution in [2.24, 2.45) is 0 Å². The van der Waals surface area contributed by atoms with Crippen molar-refractivity contribution in [1.82, 2.24) is 9.97 Å². The van der Waals surface area contributed by atoms with Gasteiger partial charge in [0.05, 0.1) is 46.7 Å². The number of aromatic nitrogens is 2. The molecule has 0 radical (unpaired) electrons. The molecule has 6 heteroatoms. The molecule has 4 rings (SSSR count). The first-order valence-corrected chi connectivity index (χ1v) is 9.30. The topological polar surface area (TPSA) is 44.2 Å². The molecular weight excluding hydrogens is 395 g/mol. The molecular formula is C22H16Cl2N2O2. The lowest BCUT2D eigenvalue weighted by molar-refractivity contribution is 0.414. The van der Waals surface area contributed by atoms with Gasteiger partial charge in [-0.05, 0) is 60.7 Å². The van der Waals surface area contributed by atoms with Crippen LogP contribution in [0.2, 0.25) is 10.0 Å². The van der Waals surface area contributed by atoms with Crippen molar-refractivity contribution in [2.75, 3.05) is 14.2 Å². The summed E-state index contributed by atoms with van der Waals surface area (Å²) in [6.07, 6.45) is 0. The van der Waals surface area contributed by atoms with Gasteiger partial charge in [-0.2, -0.15) is 0 Å². The molecule has 0 spiro atoms. The first-order chi connectivity index (χ1) is 13.6. The highest BCUT2D eigenvalue weighted by Gasteiger charge is 2.15. The zero-order valence-corrected chi connectivity index (χ0v) is 16.8. The fourth-order valence-electron chi connectivity index (χ4n) is 2.95. The van der Waals surface area contributed by atoms with E-state index in [0.717, 1.165) is 34.0 Å². The molecule has 0 bridgehead atoms. The average molecular weight is 411 g/mol. The van der Waals surface area contributed by atoms with Crippen LogP contribution < -0.4 is 9.47 Å². The van der Waals surface area contributed by atoms with Gasteiger partial charge in [0.15, 0.2) is 0 Å². The molecule has 4 nitrogen and oxygen atoms in total. The molecule has 1 aromatic heterocycles. The Labute approximate surface area is 172 Å². The molecule has 4 aromatic rings. The molecule has 0 aliphatic rings. The molecule has 0 amide bonds. The summed E-state index contributed by atoms with van der Waals surface area (Å²) in [6.45, 7) is 0. The van der Waals surface area contributed by atoms with Gasteiger partial charge < -0.3 is 9.47 Å². The maximum atomic E-state index is 6.19. The van der Waals surface area contributed by atoms with Gasteiger partial charge in [-0.15, -0.1) is 0 Å². The third-order valence-electron chi connectivity index (χ3n) is 4.43. The second-order valence-corrected chi connectivity index (χ2v) is 6.95. The number of rotatable bonds is 4. The zero-order valence-electron chi connectivity index (χ0n) is 15.2. The van der Waals surface area contributed by atoms with E-state index in [-0.39, 0.29) is 0 Å². The fraction of sp³-hybridized carbons (Fsp3) is 0.0909. The van der Waals surface area contributed by atoms with E-state index in [0.29, 0.717) is 21.1 Å². The summed E-state index contributed by atoms with van der Waals surface area (Å²) in [5, 5.41) is 0.891. The van der Waals surface area contributed by atoms with Crippen LogP contribution in [-0.4, -0.2) is 24.2 Å². The number of hydrogen-bond acceptors (Lipinski definition) is 4. The predicted molar refractivity (Wildman–Crippen MR) is 114 cm³/mol. The van der Waals surface area contributed by atoms with Crippen LogP contribution in [0, 0.1) is 0 Å². The summed E-state index contributed by atoms with van der Waals surface area (Å²) in [5.41, 5.74) is 4.70. The number of fused-ring (bicyclic) bond motifs is 1.